The van der Waals surface area contributed by atoms with Crippen molar-refractivity contribution in [2.24, 2.45) is 10.1 Å². The standard InChI is InChI=1S/C28H27N5OS/c1-16(2)20-10-12-22(13-11-20)32-18(4)14-21(19(32)5)15-24-25(29)33-28(30-26(24)34)35-27(31-33)23-9-7-6-8-17(23)3/h6-16,29H,1-5H3/b24-15+,29-25?. The zero-order valence-electron chi connectivity index (χ0n) is 20.5. The lowest BCUT2D eigenvalue weighted by Crippen LogP contribution is -2.35. The molecule has 1 N–H and O–H groups in total. The summed E-state index contributed by atoms with van der Waals surface area (Å²) in [7, 11) is 0. The lowest BCUT2D eigenvalue weighted by molar-refractivity contribution is -0.114. The van der Waals surface area contributed by atoms with Gasteiger partial charge in [-0.05, 0) is 79.4 Å². The van der Waals surface area contributed by atoms with E-state index in [-0.39, 0.29) is 11.4 Å². The fraction of sp³-hybridized carbons (Fsp3) is 0.214. The molecule has 2 aliphatic rings. The quantitative estimate of drug-likeness (QED) is 0.451. The van der Waals surface area contributed by atoms with Crippen LogP contribution in [0.5, 0.6) is 0 Å². The van der Waals surface area contributed by atoms with Crippen LogP contribution in [0.1, 0.15) is 53.4 Å². The molecule has 0 radical (unpaired) electrons. The van der Waals surface area contributed by atoms with E-state index in [0.717, 1.165) is 38.8 Å². The van der Waals surface area contributed by atoms with Crippen LogP contribution in [-0.4, -0.2) is 31.5 Å². The minimum absolute atomic E-state index is 0.0437. The minimum atomic E-state index is -0.416. The van der Waals surface area contributed by atoms with Gasteiger partial charge in [0.2, 0.25) is 5.17 Å². The number of aromatic nitrogens is 1. The molecular formula is C28H27N5OS. The molecule has 0 spiro atoms. The lowest BCUT2D eigenvalue weighted by atomic mass is 10.0. The lowest BCUT2D eigenvalue weighted by Gasteiger charge is -2.20. The first-order valence-corrected chi connectivity index (χ1v) is 12.4. The third-order valence-electron chi connectivity index (χ3n) is 6.42. The van der Waals surface area contributed by atoms with Crippen LogP contribution in [0, 0.1) is 26.2 Å². The summed E-state index contributed by atoms with van der Waals surface area (Å²) >= 11 is 1.32. The molecule has 0 fully saturated rings. The average molecular weight is 482 g/mol. The van der Waals surface area contributed by atoms with Crippen LogP contribution >= 0.6 is 11.8 Å². The van der Waals surface area contributed by atoms with Crippen LogP contribution in [0.4, 0.5) is 0 Å². The Morgan fingerprint density at radius 3 is 2.43 bits per heavy atom. The van der Waals surface area contributed by atoms with Crippen LogP contribution in [0.3, 0.4) is 0 Å². The van der Waals surface area contributed by atoms with Gasteiger partial charge >= 0.3 is 0 Å². The van der Waals surface area contributed by atoms with Crippen molar-refractivity contribution in [3.63, 3.8) is 0 Å². The summed E-state index contributed by atoms with van der Waals surface area (Å²) in [6, 6.07) is 18.5. The van der Waals surface area contributed by atoms with Crippen molar-refractivity contribution in [1.29, 1.82) is 5.41 Å². The van der Waals surface area contributed by atoms with Gasteiger partial charge < -0.3 is 4.57 Å². The van der Waals surface area contributed by atoms with Crippen molar-refractivity contribution >= 4 is 39.8 Å². The summed E-state index contributed by atoms with van der Waals surface area (Å²) in [4.78, 5) is 17.2. The molecule has 0 saturated heterocycles. The number of amidine groups is 2. The van der Waals surface area contributed by atoms with Crippen molar-refractivity contribution in [2.45, 2.75) is 40.5 Å². The van der Waals surface area contributed by atoms with E-state index >= 15 is 0 Å². The Bertz CT molecular complexity index is 1460. The predicted molar refractivity (Wildman–Crippen MR) is 145 cm³/mol. The Kier molecular flexibility index (Phi) is 5.81. The van der Waals surface area contributed by atoms with E-state index < -0.39 is 5.91 Å². The summed E-state index contributed by atoms with van der Waals surface area (Å²) in [5.41, 5.74) is 7.61. The van der Waals surface area contributed by atoms with E-state index in [0.29, 0.717) is 11.1 Å². The molecule has 2 aliphatic heterocycles. The van der Waals surface area contributed by atoms with Crippen LogP contribution in [0.15, 0.2) is 70.3 Å². The highest BCUT2D eigenvalue weighted by Gasteiger charge is 2.36. The van der Waals surface area contributed by atoms with Gasteiger partial charge in [-0.3, -0.25) is 10.2 Å². The van der Waals surface area contributed by atoms with E-state index in [1.807, 2.05) is 51.1 Å². The number of hydrazone groups is 1. The molecule has 0 bridgehead atoms. The molecule has 0 atom stereocenters. The van der Waals surface area contributed by atoms with Gasteiger partial charge in [-0.15, -0.1) is 0 Å². The number of fused-ring (bicyclic) bond motifs is 1. The largest absolute Gasteiger partial charge is 0.318 e. The number of carbonyl (C=O) groups is 1. The zero-order chi connectivity index (χ0) is 24.9. The molecule has 5 rings (SSSR count). The van der Waals surface area contributed by atoms with Gasteiger partial charge in [0.15, 0.2) is 5.84 Å². The van der Waals surface area contributed by atoms with Gasteiger partial charge in [0.25, 0.3) is 5.91 Å². The molecule has 3 heterocycles. The number of amides is 1. The van der Waals surface area contributed by atoms with Gasteiger partial charge in [0.1, 0.15) is 5.04 Å². The van der Waals surface area contributed by atoms with E-state index in [1.165, 1.54) is 22.3 Å². The van der Waals surface area contributed by atoms with Crippen molar-refractivity contribution in [1.82, 2.24) is 9.58 Å². The molecular weight excluding hydrogens is 454 g/mol. The average Bonchev–Trinajstić information content (AvgIpc) is 3.37. The van der Waals surface area contributed by atoms with Crippen LogP contribution in [0.2, 0.25) is 0 Å². The number of rotatable bonds is 4. The monoisotopic (exact) mass is 481 g/mol. The Morgan fingerprint density at radius 2 is 1.74 bits per heavy atom. The first-order valence-electron chi connectivity index (χ1n) is 11.6. The third-order valence-corrected chi connectivity index (χ3v) is 7.36. The molecule has 0 aliphatic carbocycles. The van der Waals surface area contributed by atoms with Gasteiger partial charge in [0, 0.05) is 22.6 Å². The van der Waals surface area contributed by atoms with Crippen molar-refractivity contribution in [3.8, 4) is 5.69 Å². The maximum atomic E-state index is 12.9. The maximum Gasteiger partial charge on any atom is 0.283 e. The highest BCUT2D eigenvalue weighted by molar-refractivity contribution is 8.27. The van der Waals surface area contributed by atoms with Crippen LogP contribution < -0.4 is 0 Å². The molecule has 3 aromatic rings. The highest BCUT2D eigenvalue weighted by atomic mass is 32.2. The van der Waals surface area contributed by atoms with Gasteiger partial charge in [-0.25, -0.2) is 0 Å². The van der Waals surface area contributed by atoms with Gasteiger partial charge in [0.05, 0.1) is 5.57 Å². The highest BCUT2D eigenvalue weighted by Crippen LogP contribution is 2.32. The zero-order valence-corrected chi connectivity index (χ0v) is 21.3. The number of aryl methyl sites for hydroxylation is 2. The number of hydrogen-bond donors (Lipinski definition) is 1. The molecule has 1 aromatic heterocycles. The second kappa shape index (κ2) is 8.82. The van der Waals surface area contributed by atoms with Crippen molar-refractivity contribution in [2.75, 3.05) is 0 Å². The molecule has 0 saturated carbocycles. The molecule has 1 amide bonds. The summed E-state index contributed by atoms with van der Waals surface area (Å²) in [6.45, 7) is 10.5. The molecule has 35 heavy (non-hydrogen) atoms. The smallest absolute Gasteiger partial charge is 0.283 e. The number of aliphatic imine (C=N–C) groups is 1. The summed E-state index contributed by atoms with van der Waals surface area (Å²) in [5.74, 6) is 0.103. The van der Waals surface area contributed by atoms with Gasteiger partial charge in [-0.1, -0.05) is 50.2 Å². The summed E-state index contributed by atoms with van der Waals surface area (Å²) in [5, 5.41) is 16.0. The first kappa shape index (κ1) is 23.1. The second-order valence-corrected chi connectivity index (χ2v) is 10.1. The van der Waals surface area contributed by atoms with E-state index in [2.05, 4.69) is 52.8 Å². The molecule has 2 aromatic carbocycles. The number of nitrogens with one attached hydrogen (secondary N) is 1. The Morgan fingerprint density at radius 1 is 1.03 bits per heavy atom. The summed E-state index contributed by atoms with van der Waals surface area (Å²) < 4.78 is 2.17. The number of thioether (sulfide) groups is 1. The topological polar surface area (TPSA) is 73.8 Å². The Hall–Kier alpha value is -3.71. The number of benzene rings is 2. The first-order chi connectivity index (χ1) is 16.7. The normalized spacial score (nSPS) is 16.7. The second-order valence-electron chi connectivity index (χ2n) is 9.15. The fourth-order valence-electron chi connectivity index (χ4n) is 4.41. The van der Waals surface area contributed by atoms with Crippen molar-refractivity contribution < 1.29 is 4.79 Å². The predicted octanol–water partition coefficient (Wildman–Crippen LogP) is 6.19. The molecule has 0 unspecified atom stereocenters. The molecule has 176 valence electrons. The maximum absolute atomic E-state index is 12.9. The minimum Gasteiger partial charge on any atom is -0.318 e. The van der Waals surface area contributed by atoms with Gasteiger partial charge in [-0.2, -0.15) is 15.1 Å². The Labute approximate surface area is 209 Å². The number of carbonyl (C=O) groups excluding carboxylic acids is 1. The fourth-order valence-corrected chi connectivity index (χ4v) is 5.39. The number of nitrogens with zero attached hydrogens (tertiary/aromatic N) is 4. The van der Waals surface area contributed by atoms with E-state index in [4.69, 9.17) is 5.41 Å². The van der Waals surface area contributed by atoms with E-state index in [1.54, 1.807) is 6.08 Å². The van der Waals surface area contributed by atoms with E-state index in [9.17, 15) is 4.79 Å². The van der Waals surface area contributed by atoms with Crippen LogP contribution in [-0.2, 0) is 4.79 Å². The SMILES string of the molecule is Cc1ccccc1C1=NN2C(=N)/C(=C\c3cc(C)n(-c4ccc(C(C)C)cc4)c3C)C(=O)N=C2S1. The van der Waals surface area contributed by atoms with Crippen LogP contribution in [0.25, 0.3) is 11.8 Å². The summed E-state index contributed by atoms with van der Waals surface area (Å²) in [6.07, 6.45) is 1.76. The molecule has 7 heteroatoms. The Balaban J connectivity index is 1.49. The molecule has 6 nitrogen and oxygen atoms in total. The number of hydrogen-bond acceptors (Lipinski definition) is 4. The third kappa shape index (κ3) is 4.06. The van der Waals surface area contributed by atoms with Crippen molar-refractivity contribution in [3.05, 3.63) is 93.8 Å².